The summed E-state index contributed by atoms with van der Waals surface area (Å²) in [5.74, 6) is -1.46. The molecule has 1 saturated carbocycles. The zero-order valence-corrected chi connectivity index (χ0v) is 21.9. The number of aliphatic carboxylic acids is 1. The molecule has 1 aliphatic heterocycles. The van der Waals surface area contributed by atoms with Crippen LogP contribution in [0.3, 0.4) is 0 Å². The number of nitrogens with zero attached hydrogens (tertiary/aromatic N) is 3. The van der Waals surface area contributed by atoms with Gasteiger partial charge >= 0.3 is 12.1 Å². The van der Waals surface area contributed by atoms with E-state index in [1.165, 1.54) is 19.2 Å². The van der Waals surface area contributed by atoms with Crippen LogP contribution in [0, 0.1) is 11.7 Å². The number of carboxylic acids is 1. The van der Waals surface area contributed by atoms with Gasteiger partial charge in [-0.05, 0) is 69.4 Å². The highest BCUT2D eigenvalue weighted by atomic mass is 19.1. The van der Waals surface area contributed by atoms with Crippen LogP contribution in [0.15, 0.2) is 36.5 Å². The van der Waals surface area contributed by atoms with Crippen molar-refractivity contribution in [3.05, 3.63) is 59.3 Å². The molecule has 0 spiro atoms. The molecule has 39 heavy (non-hydrogen) atoms. The lowest BCUT2D eigenvalue weighted by Gasteiger charge is -2.34. The van der Waals surface area contributed by atoms with Crippen molar-refractivity contribution in [3.8, 4) is 0 Å². The molecule has 0 bridgehead atoms. The summed E-state index contributed by atoms with van der Waals surface area (Å²) in [6.45, 7) is 1.97. The number of hydrogen-bond acceptors (Lipinski definition) is 5. The first kappa shape index (κ1) is 25.4. The minimum atomic E-state index is -1.27. The monoisotopic (exact) mass is 534 g/mol. The smallest absolute Gasteiger partial charge is 0.414 e. The summed E-state index contributed by atoms with van der Waals surface area (Å²) in [4.78, 5) is 34.3. The Kier molecular flexibility index (Phi) is 6.29. The van der Waals surface area contributed by atoms with Gasteiger partial charge in [0.2, 0.25) is 0 Å². The van der Waals surface area contributed by atoms with E-state index in [0.717, 1.165) is 23.9 Å². The highest BCUT2D eigenvalue weighted by Gasteiger charge is 2.35. The Hall–Kier alpha value is -3.92. The van der Waals surface area contributed by atoms with Crippen molar-refractivity contribution in [1.82, 2.24) is 14.5 Å². The van der Waals surface area contributed by atoms with Gasteiger partial charge in [-0.3, -0.25) is 9.69 Å². The molecule has 3 heterocycles. The Morgan fingerprint density at radius 1 is 1.21 bits per heavy atom. The Morgan fingerprint density at radius 2 is 2.03 bits per heavy atom. The molecule has 4 atom stereocenters. The Bertz CT molecular complexity index is 1590. The highest BCUT2D eigenvalue weighted by molar-refractivity contribution is 5.95. The Labute approximate surface area is 224 Å². The fourth-order valence-electron chi connectivity index (χ4n) is 6.51. The van der Waals surface area contributed by atoms with Crippen LogP contribution in [-0.2, 0) is 16.0 Å². The number of aliphatic hydroxyl groups is 1. The minimum Gasteiger partial charge on any atom is -0.481 e. The molecular weight excluding hydrogens is 503 g/mol. The number of aliphatic hydroxyl groups excluding tert-OH is 1. The van der Waals surface area contributed by atoms with Gasteiger partial charge in [0.15, 0.2) is 0 Å². The molecule has 1 amide bonds. The lowest BCUT2D eigenvalue weighted by molar-refractivity contribution is -0.143. The number of carbonyl (C=O) groups excluding carboxylic acids is 1. The van der Waals surface area contributed by atoms with Gasteiger partial charge in [0, 0.05) is 34.8 Å². The number of halogens is 1. The van der Waals surface area contributed by atoms with Gasteiger partial charge in [-0.15, -0.1) is 0 Å². The molecule has 10 heteroatoms. The van der Waals surface area contributed by atoms with Crippen molar-refractivity contribution in [2.45, 2.75) is 63.6 Å². The molecule has 0 radical (unpaired) electrons. The largest absolute Gasteiger partial charge is 0.481 e. The van der Waals surface area contributed by atoms with E-state index >= 15 is 0 Å². The molecule has 0 saturated heterocycles. The van der Waals surface area contributed by atoms with Gasteiger partial charge in [0.05, 0.1) is 35.3 Å². The van der Waals surface area contributed by atoms with E-state index in [9.17, 15) is 24.2 Å². The number of methoxy groups -OCH3 is 1. The maximum Gasteiger partial charge on any atom is 0.414 e. The summed E-state index contributed by atoms with van der Waals surface area (Å²) in [6, 6.07) is 7.95. The average Bonchev–Trinajstić information content (AvgIpc) is 3.56. The number of amides is 1. The first-order valence-electron chi connectivity index (χ1n) is 13.4. The number of carbonyl (C=O) groups is 2. The number of hydrogen-bond donors (Lipinski definition) is 3. The normalized spacial score (nSPS) is 22.2. The molecule has 9 nitrogen and oxygen atoms in total. The van der Waals surface area contributed by atoms with Gasteiger partial charge in [0.1, 0.15) is 17.7 Å². The van der Waals surface area contributed by atoms with Gasteiger partial charge in [-0.2, -0.15) is 0 Å². The predicted molar refractivity (Wildman–Crippen MR) is 143 cm³/mol. The number of aromatic nitrogens is 3. The quantitative estimate of drug-likeness (QED) is 0.320. The van der Waals surface area contributed by atoms with E-state index in [-0.39, 0.29) is 12.1 Å². The van der Waals surface area contributed by atoms with Gasteiger partial charge in [-0.1, -0.05) is 6.42 Å². The van der Waals surface area contributed by atoms with Crippen LogP contribution in [0.1, 0.15) is 68.1 Å². The van der Waals surface area contributed by atoms with Crippen LogP contribution in [0.25, 0.3) is 21.9 Å². The van der Waals surface area contributed by atoms with Crippen LogP contribution < -0.4 is 4.90 Å². The van der Waals surface area contributed by atoms with Crippen LogP contribution in [0.5, 0.6) is 0 Å². The Balaban J connectivity index is 1.57. The zero-order valence-electron chi connectivity index (χ0n) is 21.9. The number of aryl methyl sites for hydroxylation is 1. The van der Waals surface area contributed by atoms with Crippen LogP contribution in [-0.4, -0.2) is 50.0 Å². The summed E-state index contributed by atoms with van der Waals surface area (Å²) >= 11 is 0. The van der Waals surface area contributed by atoms with Crippen molar-refractivity contribution in [2.75, 3.05) is 12.0 Å². The van der Waals surface area contributed by atoms with E-state index in [1.54, 1.807) is 17.2 Å². The minimum absolute atomic E-state index is 0.0577. The first-order chi connectivity index (χ1) is 18.8. The molecule has 204 valence electrons. The molecule has 1 fully saturated rings. The number of imidazole rings is 1. The van der Waals surface area contributed by atoms with Crippen molar-refractivity contribution < 1.29 is 28.9 Å². The fourth-order valence-corrected chi connectivity index (χ4v) is 6.51. The third kappa shape index (κ3) is 4.14. The van der Waals surface area contributed by atoms with Crippen LogP contribution in [0.4, 0.5) is 14.9 Å². The summed E-state index contributed by atoms with van der Waals surface area (Å²) in [5, 5.41) is 22.2. The number of carboxylic acid groups (broad SMARTS) is 1. The van der Waals surface area contributed by atoms with Gasteiger partial charge in [0.25, 0.3) is 0 Å². The second kappa shape index (κ2) is 9.68. The molecular formula is C29H31FN4O5. The first-order valence-corrected chi connectivity index (χ1v) is 13.4. The molecule has 6 rings (SSSR count). The summed E-state index contributed by atoms with van der Waals surface area (Å²) in [6.07, 6.45) is 3.84. The van der Waals surface area contributed by atoms with Crippen molar-refractivity contribution in [3.63, 3.8) is 0 Å². The second-order valence-corrected chi connectivity index (χ2v) is 10.7. The number of ether oxygens (including phenoxy) is 1. The summed E-state index contributed by atoms with van der Waals surface area (Å²) in [7, 11) is 1.35. The maximum atomic E-state index is 14.6. The fraction of sp³-hybridized carbons (Fsp3) is 0.414. The molecule has 2 aliphatic rings. The van der Waals surface area contributed by atoms with Crippen molar-refractivity contribution in [2.24, 2.45) is 5.92 Å². The number of nitrogens with one attached hydrogen (secondary N) is 1. The predicted octanol–water partition coefficient (Wildman–Crippen LogP) is 5.46. The molecule has 0 unspecified atom stereocenters. The number of H-pyrrole nitrogens is 1. The number of anilines is 1. The standard InChI is InChI=1S/C29H31FN4O5/c1-15-6-7-20-22(33(15)29(38)39-2)8-9-23-25(20)32-27(34(23)19-5-3-4-17(13-19)28(36)37)26(35)21-14-18(30)12-16-10-11-31-24(16)21/h8-12,14-15,17,19,26,31,35H,3-7,13H2,1-2H3,(H,36,37)/t15-,17+,19+,26-/m0/s1. The van der Waals surface area contributed by atoms with Crippen LogP contribution >= 0.6 is 0 Å². The summed E-state index contributed by atoms with van der Waals surface area (Å²) < 4.78 is 21.6. The average molecular weight is 535 g/mol. The SMILES string of the molecule is COC(=O)N1c2ccc3c(nc([C@@H](O)c4cc(F)cc5cc[nH]c45)n3[C@@H]3CCC[C@@H](C(=O)O)C3)c2CC[C@@H]1C. The molecule has 2 aromatic carbocycles. The van der Waals surface area contributed by atoms with E-state index in [2.05, 4.69) is 4.98 Å². The number of fused-ring (bicyclic) bond motifs is 4. The van der Waals surface area contributed by atoms with Gasteiger partial charge in [-0.25, -0.2) is 14.2 Å². The molecule has 3 N–H and O–H groups in total. The van der Waals surface area contributed by atoms with Gasteiger partial charge < -0.3 is 24.5 Å². The van der Waals surface area contributed by atoms with Crippen molar-refractivity contribution in [1.29, 1.82) is 0 Å². The topological polar surface area (TPSA) is 121 Å². The zero-order chi connectivity index (χ0) is 27.4. The van der Waals surface area contributed by atoms with E-state index in [1.807, 2.05) is 23.6 Å². The Morgan fingerprint density at radius 3 is 2.79 bits per heavy atom. The van der Waals surface area contributed by atoms with Crippen molar-refractivity contribution >= 4 is 39.7 Å². The third-order valence-electron chi connectivity index (χ3n) is 8.41. The lowest BCUT2D eigenvalue weighted by Crippen LogP contribution is -2.42. The third-order valence-corrected chi connectivity index (χ3v) is 8.41. The highest BCUT2D eigenvalue weighted by Crippen LogP contribution is 2.42. The summed E-state index contributed by atoms with van der Waals surface area (Å²) in [5.41, 5.74) is 3.97. The number of benzene rings is 2. The van der Waals surface area contributed by atoms with E-state index in [0.29, 0.717) is 59.2 Å². The molecule has 2 aromatic heterocycles. The van der Waals surface area contributed by atoms with Crippen LogP contribution in [0.2, 0.25) is 0 Å². The van der Waals surface area contributed by atoms with E-state index in [4.69, 9.17) is 9.72 Å². The second-order valence-electron chi connectivity index (χ2n) is 10.7. The number of aromatic amines is 1. The van der Waals surface area contributed by atoms with E-state index < -0.39 is 29.9 Å². The maximum absolute atomic E-state index is 14.6. The lowest BCUT2D eigenvalue weighted by atomic mass is 9.85. The molecule has 4 aromatic rings. The number of rotatable bonds is 4. The molecule has 1 aliphatic carbocycles.